The Kier molecular flexibility index (Phi) is 3.68. The summed E-state index contributed by atoms with van der Waals surface area (Å²) < 4.78 is 0. The fraction of sp³-hybridized carbons (Fsp3) is 0.125. The standard InChI is InChI=1S/C16H14O2/c1-12(15(17)13-8-4-2-5-9-13)16(18)14-10-6-3-7-11-14/h2-12H,1H3. The van der Waals surface area contributed by atoms with Crippen LogP contribution in [0.2, 0.25) is 0 Å². The third-order valence-electron chi connectivity index (χ3n) is 2.90. The molecule has 0 amide bonds. The highest BCUT2D eigenvalue weighted by molar-refractivity contribution is 6.15. The van der Waals surface area contributed by atoms with Gasteiger partial charge in [-0.3, -0.25) is 9.59 Å². The van der Waals surface area contributed by atoms with E-state index < -0.39 is 5.92 Å². The van der Waals surface area contributed by atoms with E-state index in [1.54, 1.807) is 55.5 Å². The number of Topliss-reactive ketones (excluding diaryl/α,β-unsaturated/α-hetero) is 2. The van der Waals surface area contributed by atoms with Crippen LogP contribution in [-0.4, -0.2) is 11.6 Å². The maximum absolute atomic E-state index is 12.1. The fourth-order valence-corrected chi connectivity index (χ4v) is 1.82. The van der Waals surface area contributed by atoms with Crippen molar-refractivity contribution in [3.8, 4) is 0 Å². The van der Waals surface area contributed by atoms with E-state index in [1.165, 1.54) is 0 Å². The molecular formula is C16H14O2. The lowest BCUT2D eigenvalue weighted by Gasteiger charge is -2.09. The average molecular weight is 238 g/mol. The Bertz CT molecular complexity index is 492. The molecule has 18 heavy (non-hydrogen) atoms. The summed E-state index contributed by atoms with van der Waals surface area (Å²) in [4.78, 5) is 24.3. The smallest absolute Gasteiger partial charge is 0.173 e. The molecule has 0 saturated heterocycles. The van der Waals surface area contributed by atoms with E-state index in [0.717, 1.165) is 0 Å². The summed E-state index contributed by atoms with van der Waals surface area (Å²) in [6.45, 7) is 1.66. The Morgan fingerprint density at radius 3 is 1.39 bits per heavy atom. The zero-order valence-electron chi connectivity index (χ0n) is 10.2. The van der Waals surface area contributed by atoms with E-state index in [-0.39, 0.29) is 11.6 Å². The zero-order chi connectivity index (χ0) is 13.0. The van der Waals surface area contributed by atoms with Gasteiger partial charge in [-0.1, -0.05) is 60.7 Å². The predicted molar refractivity (Wildman–Crippen MR) is 70.7 cm³/mol. The number of carbonyl (C=O) groups is 2. The van der Waals surface area contributed by atoms with Gasteiger partial charge in [0.25, 0.3) is 0 Å². The lowest BCUT2D eigenvalue weighted by molar-refractivity contribution is 0.0821. The number of hydrogen-bond donors (Lipinski definition) is 0. The van der Waals surface area contributed by atoms with Gasteiger partial charge in [0, 0.05) is 11.1 Å². The number of ketones is 2. The molecule has 0 radical (unpaired) electrons. The SMILES string of the molecule is CC(C(=O)c1ccccc1)C(=O)c1ccccc1. The molecule has 2 heteroatoms. The number of hydrogen-bond acceptors (Lipinski definition) is 2. The van der Waals surface area contributed by atoms with Crippen LogP contribution < -0.4 is 0 Å². The monoisotopic (exact) mass is 238 g/mol. The predicted octanol–water partition coefficient (Wildman–Crippen LogP) is 3.39. The van der Waals surface area contributed by atoms with Gasteiger partial charge in [0.05, 0.1) is 5.92 Å². The highest BCUT2D eigenvalue weighted by Crippen LogP contribution is 2.14. The molecule has 0 spiro atoms. The molecule has 0 aliphatic heterocycles. The molecule has 0 saturated carbocycles. The van der Waals surface area contributed by atoms with E-state index in [1.807, 2.05) is 12.1 Å². The summed E-state index contributed by atoms with van der Waals surface area (Å²) in [6.07, 6.45) is 0. The van der Waals surface area contributed by atoms with Crippen molar-refractivity contribution in [2.75, 3.05) is 0 Å². The first-order chi connectivity index (χ1) is 8.70. The highest BCUT2D eigenvalue weighted by atomic mass is 16.1. The van der Waals surface area contributed by atoms with E-state index in [4.69, 9.17) is 0 Å². The quantitative estimate of drug-likeness (QED) is 0.604. The van der Waals surface area contributed by atoms with Crippen molar-refractivity contribution in [2.24, 2.45) is 5.92 Å². The number of benzene rings is 2. The molecule has 2 aromatic rings. The van der Waals surface area contributed by atoms with Crippen molar-refractivity contribution in [1.29, 1.82) is 0 Å². The van der Waals surface area contributed by atoms with Crippen molar-refractivity contribution in [1.82, 2.24) is 0 Å². The molecule has 90 valence electrons. The Labute approximate surface area is 106 Å². The molecule has 0 N–H and O–H groups in total. The largest absolute Gasteiger partial charge is 0.293 e. The second kappa shape index (κ2) is 5.41. The Hall–Kier alpha value is -2.22. The van der Waals surface area contributed by atoms with Crippen molar-refractivity contribution in [3.63, 3.8) is 0 Å². The maximum atomic E-state index is 12.1. The molecule has 0 fully saturated rings. The van der Waals surface area contributed by atoms with Gasteiger partial charge in [0.15, 0.2) is 11.6 Å². The van der Waals surface area contributed by atoms with E-state index >= 15 is 0 Å². The van der Waals surface area contributed by atoms with Gasteiger partial charge in [-0.2, -0.15) is 0 Å². The number of rotatable bonds is 4. The van der Waals surface area contributed by atoms with Gasteiger partial charge in [0.2, 0.25) is 0 Å². The minimum Gasteiger partial charge on any atom is -0.293 e. The van der Waals surface area contributed by atoms with Gasteiger partial charge < -0.3 is 0 Å². The number of carbonyl (C=O) groups excluding carboxylic acids is 2. The summed E-state index contributed by atoms with van der Waals surface area (Å²) >= 11 is 0. The van der Waals surface area contributed by atoms with Gasteiger partial charge in [-0.05, 0) is 6.92 Å². The van der Waals surface area contributed by atoms with Crippen molar-refractivity contribution < 1.29 is 9.59 Å². The topological polar surface area (TPSA) is 34.1 Å². The Morgan fingerprint density at radius 2 is 1.06 bits per heavy atom. The third kappa shape index (κ3) is 2.54. The minimum atomic E-state index is -0.644. The van der Waals surface area contributed by atoms with Crippen LogP contribution in [0.15, 0.2) is 60.7 Å². The van der Waals surface area contributed by atoms with Crippen LogP contribution in [0, 0.1) is 5.92 Å². The van der Waals surface area contributed by atoms with Crippen LogP contribution in [0.25, 0.3) is 0 Å². The zero-order valence-corrected chi connectivity index (χ0v) is 10.2. The molecule has 0 heterocycles. The van der Waals surface area contributed by atoms with Crippen LogP contribution in [0.4, 0.5) is 0 Å². The second-order valence-corrected chi connectivity index (χ2v) is 4.18. The van der Waals surface area contributed by atoms with Gasteiger partial charge in [0.1, 0.15) is 0 Å². The van der Waals surface area contributed by atoms with Crippen LogP contribution in [0.5, 0.6) is 0 Å². The molecule has 2 nitrogen and oxygen atoms in total. The van der Waals surface area contributed by atoms with E-state index in [2.05, 4.69) is 0 Å². The van der Waals surface area contributed by atoms with Crippen molar-refractivity contribution >= 4 is 11.6 Å². The van der Waals surface area contributed by atoms with Crippen LogP contribution in [0.3, 0.4) is 0 Å². The first kappa shape index (κ1) is 12.2. The fourth-order valence-electron chi connectivity index (χ4n) is 1.82. The summed E-state index contributed by atoms with van der Waals surface area (Å²) in [6, 6.07) is 17.8. The molecule has 2 aromatic carbocycles. The van der Waals surface area contributed by atoms with Crippen LogP contribution in [-0.2, 0) is 0 Å². The lowest BCUT2D eigenvalue weighted by atomic mass is 9.92. The lowest BCUT2D eigenvalue weighted by Crippen LogP contribution is -2.21. The van der Waals surface area contributed by atoms with E-state index in [0.29, 0.717) is 11.1 Å². The van der Waals surface area contributed by atoms with Crippen molar-refractivity contribution in [2.45, 2.75) is 6.92 Å². The van der Waals surface area contributed by atoms with Crippen LogP contribution >= 0.6 is 0 Å². The van der Waals surface area contributed by atoms with Crippen LogP contribution in [0.1, 0.15) is 27.6 Å². The van der Waals surface area contributed by atoms with E-state index in [9.17, 15) is 9.59 Å². The first-order valence-electron chi connectivity index (χ1n) is 5.88. The molecule has 0 aromatic heterocycles. The summed E-state index contributed by atoms with van der Waals surface area (Å²) in [5.41, 5.74) is 1.16. The second-order valence-electron chi connectivity index (χ2n) is 4.18. The molecular weight excluding hydrogens is 224 g/mol. The average Bonchev–Trinajstić information content (AvgIpc) is 2.47. The van der Waals surface area contributed by atoms with Gasteiger partial charge in [-0.25, -0.2) is 0 Å². The highest BCUT2D eigenvalue weighted by Gasteiger charge is 2.23. The first-order valence-corrected chi connectivity index (χ1v) is 5.88. The summed E-state index contributed by atoms with van der Waals surface area (Å²) in [7, 11) is 0. The Morgan fingerprint density at radius 1 is 0.722 bits per heavy atom. The molecule has 0 aliphatic carbocycles. The molecule has 0 atom stereocenters. The van der Waals surface area contributed by atoms with Gasteiger partial charge in [-0.15, -0.1) is 0 Å². The summed E-state index contributed by atoms with van der Waals surface area (Å²) in [5, 5.41) is 0. The Balaban J connectivity index is 2.20. The molecule has 0 aliphatic rings. The normalized spacial score (nSPS) is 10.3. The molecule has 0 bridgehead atoms. The maximum Gasteiger partial charge on any atom is 0.173 e. The summed E-state index contributed by atoms with van der Waals surface area (Å²) in [5.74, 6) is -0.913. The van der Waals surface area contributed by atoms with Crippen molar-refractivity contribution in [3.05, 3.63) is 71.8 Å². The molecule has 0 unspecified atom stereocenters. The third-order valence-corrected chi connectivity index (χ3v) is 2.90. The molecule has 2 rings (SSSR count). The van der Waals surface area contributed by atoms with Gasteiger partial charge >= 0.3 is 0 Å². The minimum absolute atomic E-state index is 0.135.